The highest BCUT2D eigenvalue weighted by atomic mass is 16.2. The van der Waals surface area contributed by atoms with E-state index in [4.69, 9.17) is 5.26 Å². The summed E-state index contributed by atoms with van der Waals surface area (Å²) in [6.45, 7) is 3.10. The molecule has 0 radical (unpaired) electrons. The molecule has 1 aromatic carbocycles. The zero-order chi connectivity index (χ0) is 15.9. The first-order chi connectivity index (χ1) is 10.6. The van der Waals surface area contributed by atoms with E-state index in [1.165, 1.54) is 18.3 Å². The third-order valence-corrected chi connectivity index (χ3v) is 3.27. The van der Waals surface area contributed by atoms with Crippen LogP contribution in [0, 0.1) is 11.3 Å². The average molecular weight is 295 g/mol. The summed E-state index contributed by atoms with van der Waals surface area (Å²) in [4.78, 5) is 27.9. The standard InChI is InChI=1S/C17H17N3O2/c1-2-9-20(12-14-5-3-13(10-18)4-6-14)17(22)15-7-8-16(21)19-11-15/h3-8,11H,2,9,12H2,1H3,(H,19,21). The van der Waals surface area contributed by atoms with E-state index in [0.717, 1.165) is 12.0 Å². The Hall–Kier alpha value is -2.87. The van der Waals surface area contributed by atoms with Gasteiger partial charge in [0.15, 0.2) is 0 Å². The number of aromatic nitrogens is 1. The van der Waals surface area contributed by atoms with Crippen LogP contribution in [0.2, 0.25) is 0 Å². The molecule has 5 nitrogen and oxygen atoms in total. The molecule has 1 heterocycles. The summed E-state index contributed by atoms with van der Waals surface area (Å²) < 4.78 is 0. The Morgan fingerprint density at radius 2 is 1.95 bits per heavy atom. The molecule has 2 rings (SSSR count). The fraction of sp³-hybridized carbons (Fsp3) is 0.235. The second-order valence-corrected chi connectivity index (χ2v) is 4.98. The van der Waals surface area contributed by atoms with Crippen molar-refractivity contribution in [2.45, 2.75) is 19.9 Å². The van der Waals surface area contributed by atoms with Gasteiger partial charge in [-0.25, -0.2) is 0 Å². The fourth-order valence-electron chi connectivity index (χ4n) is 2.15. The molecule has 0 unspecified atom stereocenters. The predicted octanol–water partition coefficient (Wildman–Crippen LogP) is 2.30. The van der Waals surface area contributed by atoms with Gasteiger partial charge in [0.2, 0.25) is 5.56 Å². The molecule has 22 heavy (non-hydrogen) atoms. The van der Waals surface area contributed by atoms with Gasteiger partial charge >= 0.3 is 0 Å². The third-order valence-electron chi connectivity index (χ3n) is 3.27. The van der Waals surface area contributed by atoms with E-state index in [1.807, 2.05) is 19.1 Å². The number of hydrogen-bond donors (Lipinski definition) is 1. The molecule has 0 fully saturated rings. The normalized spacial score (nSPS) is 10.0. The van der Waals surface area contributed by atoms with E-state index in [9.17, 15) is 9.59 Å². The number of H-pyrrole nitrogens is 1. The number of amides is 1. The van der Waals surface area contributed by atoms with Crippen LogP contribution in [0.3, 0.4) is 0 Å². The lowest BCUT2D eigenvalue weighted by Gasteiger charge is -2.22. The van der Waals surface area contributed by atoms with E-state index in [1.54, 1.807) is 17.0 Å². The Morgan fingerprint density at radius 1 is 1.23 bits per heavy atom. The zero-order valence-electron chi connectivity index (χ0n) is 12.4. The number of carbonyl (C=O) groups is 1. The number of rotatable bonds is 5. The molecule has 112 valence electrons. The molecule has 0 saturated heterocycles. The van der Waals surface area contributed by atoms with E-state index in [2.05, 4.69) is 11.1 Å². The largest absolute Gasteiger partial charge is 0.334 e. The maximum absolute atomic E-state index is 12.5. The van der Waals surface area contributed by atoms with E-state index in [-0.39, 0.29) is 11.5 Å². The highest BCUT2D eigenvalue weighted by Crippen LogP contribution is 2.11. The second kappa shape index (κ2) is 7.23. The minimum absolute atomic E-state index is 0.123. The van der Waals surface area contributed by atoms with Crippen LogP contribution in [0.4, 0.5) is 0 Å². The summed E-state index contributed by atoms with van der Waals surface area (Å²) in [7, 11) is 0. The van der Waals surface area contributed by atoms with Gasteiger partial charge in [-0.2, -0.15) is 5.26 Å². The molecule has 0 bridgehead atoms. The number of benzene rings is 1. The van der Waals surface area contributed by atoms with Crippen molar-refractivity contribution in [3.05, 3.63) is 69.6 Å². The minimum Gasteiger partial charge on any atom is -0.334 e. The van der Waals surface area contributed by atoms with Crippen LogP contribution in [0.15, 0.2) is 47.4 Å². The average Bonchev–Trinajstić information content (AvgIpc) is 2.55. The van der Waals surface area contributed by atoms with Gasteiger partial charge in [0.1, 0.15) is 0 Å². The van der Waals surface area contributed by atoms with Crippen LogP contribution in [0.5, 0.6) is 0 Å². The van der Waals surface area contributed by atoms with Crippen molar-refractivity contribution >= 4 is 5.91 Å². The second-order valence-electron chi connectivity index (χ2n) is 4.98. The Balaban J connectivity index is 2.17. The lowest BCUT2D eigenvalue weighted by molar-refractivity contribution is 0.0742. The molecule has 5 heteroatoms. The van der Waals surface area contributed by atoms with Crippen molar-refractivity contribution in [2.24, 2.45) is 0 Å². The number of pyridine rings is 1. The zero-order valence-corrected chi connectivity index (χ0v) is 12.4. The third kappa shape index (κ3) is 3.83. The van der Waals surface area contributed by atoms with Gasteiger partial charge in [0.25, 0.3) is 5.91 Å². The summed E-state index contributed by atoms with van der Waals surface area (Å²) in [6, 6.07) is 12.1. The Kier molecular flexibility index (Phi) is 5.10. The first kappa shape index (κ1) is 15.5. The van der Waals surface area contributed by atoms with E-state index >= 15 is 0 Å². The van der Waals surface area contributed by atoms with E-state index in [0.29, 0.717) is 24.2 Å². The van der Waals surface area contributed by atoms with Crippen LogP contribution in [-0.4, -0.2) is 22.3 Å². The number of aromatic amines is 1. The van der Waals surface area contributed by atoms with Gasteiger partial charge in [-0.05, 0) is 30.2 Å². The number of nitrogens with one attached hydrogen (secondary N) is 1. The minimum atomic E-state index is -0.231. The molecule has 0 aliphatic heterocycles. The van der Waals surface area contributed by atoms with Gasteiger partial charge in [-0.15, -0.1) is 0 Å². The number of carbonyl (C=O) groups excluding carboxylic acids is 1. The van der Waals surface area contributed by atoms with Crippen LogP contribution in [-0.2, 0) is 6.54 Å². The summed E-state index contributed by atoms with van der Waals surface area (Å²) in [6.07, 6.45) is 2.28. The highest BCUT2D eigenvalue weighted by Gasteiger charge is 2.15. The Labute approximate surface area is 128 Å². The topological polar surface area (TPSA) is 77.0 Å². The number of hydrogen-bond acceptors (Lipinski definition) is 3. The maximum Gasteiger partial charge on any atom is 0.255 e. The lowest BCUT2D eigenvalue weighted by Crippen LogP contribution is -2.31. The summed E-state index contributed by atoms with van der Waals surface area (Å²) in [5, 5.41) is 8.81. The SMILES string of the molecule is CCCN(Cc1ccc(C#N)cc1)C(=O)c1ccc(=O)[nH]c1. The van der Waals surface area contributed by atoms with Gasteiger partial charge < -0.3 is 9.88 Å². The smallest absolute Gasteiger partial charge is 0.255 e. The fourth-order valence-corrected chi connectivity index (χ4v) is 2.15. The quantitative estimate of drug-likeness (QED) is 0.919. The van der Waals surface area contributed by atoms with Crippen molar-refractivity contribution in [1.82, 2.24) is 9.88 Å². The Morgan fingerprint density at radius 3 is 2.50 bits per heavy atom. The summed E-state index contributed by atoms with van der Waals surface area (Å²) in [5.41, 5.74) is 1.79. The van der Waals surface area contributed by atoms with Crippen LogP contribution >= 0.6 is 0 Å². The van der Waals surface area contributed by atoms with Crippen molar-refractivity contribution in [2.75, 3.05) is 6.54 Å². The lowest BCUT2D eigenvalue weighted by atomic mass is 10.1. The maximum atomic E-state index is 12.5. The molecule has 0 spiro atoms. The van der Waals surface area contributed by atoms with Crippen LogP contribution < -0.4 is 5.56 Å². The molecular weight excluding hydrogens is 278 g/mol. The molecule has 0 atom stereocenters. The first-order valence-corrected chi connectivity index (χ1v) is 7.11. The van der Waals surface area contributed by atoms with Gasteiger partial charge in [0.05, 0.1) is 17.2 Å². The van der Waals surface area contributed by atoms with Crippen LogP contribution in [0.25, 0.3) is 0 Å². The number of nitrogens with zero attached hydrogens (tertiary/aromatic N) is 2. The monoisotopic (exact) mass is 295 g/mol. The van der Waals surface area contributed by atoms with Crippen molar-refractivity contribution in [1.29, 1.82) is 5.26 Å². The molecule has 1 N–H and O–H groups in total. The molecule has 2 aromatic rings. The van der Waals surface area contributed by atoms with E-state index < -0.39 is 0 Å². The van der Waals surface area contributed by atoms with Gasteiger partial charge in [-0.1, -0.05) is 19.1 Å². The van der Waals surface area contributed by atoms with Crippen LogP contribution in [0.1, 0.15) is 34.8 Å². The molecular formula is C17H17N3O2. The van der Waals surface area contributed by atoms with Crippen molar-refractivity contribution < 1.29 is 4.79 Å². The molecule has 1 aromatic heterocycles. The highest BCUT2D eigenvalue weighted by molar-refractivity contribution is 5.93. The van der Waals surface area contributed by atoms with Crippen molar-refractivity contribution in [3.63, 3.8) is 0 Å². The molecule has 1 amide bonds. The summed E-state index contributed by atoms with van der Waals surface area (Å²) in [5.74, 6) is -0.123. The van der Waals surface area contributed by atoms with Gasteiger partial charge in [0, 0.05) is 25.4 Å². The first-order valence-electron chi connectivity index (χ1n) is 7.11. The van der Waals surface area contributed by atoms with Crippen molar-refractivity contribution in [3.8, 4) is 6.07 Å². The predicted molar refractivity (Wildman–Crippen MR) is 83.3 cm³/mol. The number of nitriles is 1. The van der Waals surface area contributed by atoms with Gasteiger partial charge in [-0.3, -0.25) is 9.59 Å². The molecule has 0 saturated carbocycles. The summed E-state index contributed by atoms with van der Waals surface area (Å²) >= 11 is 0. The molecule has 0 aliphatic rings. The molecule has 0 aliphatic carbocycles. The Bertz CT molecular complexity index is 721.